The second-order valence-electron chi connectivity index (χ2n) is 3.32. The Morgan fingerprint density at radius 3 is 2.46 bits per heavy atom. The molecule has 0 unspecified atom stereocenters. The minimum Gasteiger partial charge on any atom is -0.324 e. The van der Waals surface area contributed by atoms with Crippen molar-refractivity contribution in [2.24, 2.45) is 5.73 Å². The fourth-order valence-electron chi connectivity index (χ4n) is 1.20. The van der Waals surface area contributed by atoms with Gasteiger partial charge in [-0.05, 0) is 31.0 Å². The summed E-state index contributed by atoms with van der Waals surface area (Å²) < 4.78 is 12.6. The first-order valence-electron chi connectivity index (χ1n) is 4.25. The van der Waals surface area contributed by atoms with E-state index in [2.05, 4.69) is 6.58 Å². The predicted octanol–water partition coefficient (Wildman–Crippen LogP) is 2.79. The molecule has 0 heterocycles. The Morgan fingerprint density at radius 1 is 1.46 bits per heavy atom. The van der Waals surface area contributed by atoms with Crippen LogP contribution in [0.3, 0.4) is 0 Å². The molecule has 2 N–H and O–H groups in total. The Bertz CT molecular complexity index is 289. The molecule has 0 amide bonds. The maximum atomic E-state index is 12.6. The second-order valence-corrected chi connectivity index (χ2v) is 3.32. The first-order valence-corrected chi connectivity index (χ1v) is 4.25. The molecule has 0 spiro atoms. The van der Waals surface area contributed by atoms with Gasteiger partial charge in [0.25, 0.3) is 0 Å². The van der Waals surface area contributed by atoms with Crippen LogP contribution >= 0.6 is 0 Å². The van der Waals surface area contributed by atoms with Crippen molar-refractivity contribution in [3.05, 3.63) is 47.8 Å². The molecule has 2 heteroatoms. The number of rotatable bonds is 3. The number of hydrogen-bond acceptors (Lipinski definition) is 1. The highest BCUT2D eigenvalue weighted by Gasteiger charge is 2.05. The normalized spacial score (nSPS) is 12.5. The average molecular weight is 179 g/mol. The fourth-order valence-corrected chi connectivity index (χ4v) is 1.20. The van der Waals surface area contributed by atoms with Crippen LogP contribution in [0.25, 0.3) is 0 Å². The highest BCUT2D eigenvalue weighted by molar-refractivity contribution is 5.20. The number of benzene rings is 1. The maximum absolute atomic E-state index is 12.6. The lowest BCUT2D eigenvalue weighted by Crippen LogP contribution is -2.10. The topological polar surface area (TPSA) is 26.0 Å². The molecule has 1 atom stereocenters. The molecule has 0 saturated carbocycles. The van der Waals surface area contributed by atoms with Crippen LogP contribution in [-0.2, 0) is 0 Å². The molecule has 0 saturated heterocycles. The Hall–Kier alpha value is -1.15. The molecule has 0 aliphatic heterocycles. The smallest absolute Gasteiger partial charge is 0.123 e. The van der Waals surface area contributed by atoms with Crippen molar-refractivity contribution in [2.45, 2.75) is 19.4 Å². The van der Waals surface area contributed by atoms with Gasteiger partial charge in [0.15, 0.2) is 0 Å². The summed E-state index contributed by atoms with van der Waals surface area (Å²) in [6.07, 6.45) is 0.742. The highest BCUT2D eigenvalue weighted by Crippen LogP contribution is 2.17. The SMILES string of the molecule is C=C(C)C[C@@H](N)c1ccc(F)cc1. The molecule has 0 aliphatic carbocycles. The van der Waals surface area contributed by atoms with Gasteiger partial charge < -0.3 is 5.73 Å². The van der Waals surface area contributed by atoms with E-state index in [4.69, 9.17) is 5.73 Å². The predicted molar refractivity (Wildman–Crippen MR) is 52.8 cm³/mol. The van der Waals surface area contributed by atoms with Crippen LogP contribution in [0.1, 0.15) is 24.9 Å². The summed E-state index contributed by atoms with van der Waals surface area (Å²) in [4.78, 5) is 0. The maximum Gasteiger partial charge on any atom is 0.123 e. The van der Waals surface area contributed by atoms with Crippen molar-refractivity contribution in [2.75, 3.05) is 0 Å². The van der Waals surface area contributed by atoms with Crippen LogP contribution in [0.5, 0.6) is 0 Å². The molecule has 0 aromatic heterocycles. The van der Waals surface area contributed by atoms with E-state index in [1.807, 2.05) is 6.92 Å². The summed E-state index contributed by atoms with van der Waals surface area (Å²) in [5.74, 6) is -0.230. The quantitative estimate of drug-likeness (QED) is 0.709. The van der Waals surface area contributed by atoms with Crippen molar-refractivity contribution >= 4 is 0 Å². The van der Waals surface area contributed by atoms with Crippen LogP contribution in [-0.4, -0.2) is 0 Å². The standard InChI is InChI=1S/C11H14FN/c1-8(2)7-11(13)9-3-5-10(12)6-4-9/h3-6,11H,1,7,13H2,2H3/t11-/m1/s1. The Labute approximate surface area is 78.1 Å². The van der Waals surface area contributed by atoms with Crippen LogP contribution < -0.4 is 5.73 Å². The molecule has 0 radical (unpaired) electrons. The summed E-state index contributed by atoms with van der Waals surface area (Å²) in [6, 6.07) is 6.20. The van der Waals surface area contributed by atoms with Gasteiger partial charge in [-0.2, -0.15) is 0 Å². The van der Waals surface area contributed by atoms with E-state index in [0.717, 1.165) is 17.6 Å². The van der Waals surface area contributed by atoms with Gasteiger partial charge in [0, 0.05) is 6.04 Å². The minimum absolute atomic E-state index is 0.0712. The van der Waals surface area contributed by atoms with Crippen molar-refractivity contribution < 1.29 is 4.39 Å². The number of halogens is 1. The third-order valence-electron chi connectivity index (χ3n) is 1.87. The molecule has 70 valence electrons. The largest absolute Gasteiger partial charge is 0.324 e. The Kier molecular flexibility index (Phi) is 3.20. The molecule has 1 aromatic carbocycles. The third-order valence-corrected chi connectivity index (χ3v) is 1.87. The summed E-state index contributed by atoms with van der Waals surface area (Å²) in [6.45, 7) is 5.72. The number of nitrogens with two attached hydrogens (primary N) is 1. The van der Waals surface area contributed by atoms with Gasteiger partial charge in [0.1, 0.15) is 5.82 Å². The van der Waals surface area contributed by atoms with Crippen LogP contribution in [0.4, 0.5) is 4.39 Å². The van der Waals surface area contributed by atoms with E-state index in [9.17, 15) is 4.39 Å². The molecule has 0 aliphatic rings. The van der Waals surface area contributed by atoms with Gasteiger partial charge >= 0.3 is 0 Å². The zero-order valence-electron chi connectivity index (χ0n) is 7.76. The summed E-state index contributed by atoms with van der Waals surface area (Å²) in [7, 11) is 0. The molecule has 0 bridgehead atoms. The summed E-state index contributed by atoms with van der Waals surface area (Å²) in [5, 5.41) is 0. The summed E-state index contributed by atoms with van der Waals surface area (Å²) in [5.41, 5.74) is 7.85. The van der Waals surface area contributed by atoms with Crippen molar-refractivity contribution in [3.8, 4) is 0 Å². The van der Waals surface area contributed by atoms with Gasteiger partial charge in [0.2, 0.25) is 0 Å². The van der Waals surface area contributed by atoms with Crippen LogP contribution in [0.2, 0.25) is 0 Å². The zero-order valence-corrected chi connectivity index (χ0v) is 7.76. The molecule has 1 nitrogen and oxygen atoms in total. The van der Waals surface area contributed by atoms with Crippen molar-refractivity contribution in [3.63, 3.8) is 0 Å². The minimum atomic E-state index is -0.230. The van der Waals surface area contributed by atoms with E-state index >= 15 is 0 Å². The third kappa shape index (κ3) is 2.99. The second kappa shape index (κ2) is 4.19. The van der Waals surface area contributed by atoms with E-state index < -0.39 is 0 Å². The van der Waals surface area contributed by atoms with Gasteiger partial charge in [-0.3, -0.25) is 0 Å². The van der Waals surface area contributed by atoms with Gasteiger partial charge in [-0.15, -0.1) is 6.58 Å². The van der Waals surface area contributed by atoms with Crippen LogP contribution in [0, 0.1) is 5.82 Å². The summed E-state index contributed by atoms with van der Waals surface area (Å²) >= 11 is 0. The lowest BCUT2D eigenvalue weighted by atomic mass is 10.0. The molecular weight excluding hydrogens is 165 g/mol. The first kappa shape index (κ1) is 9.93. The van der Waals surface area contributed by atoms with Crippen LogP contribution in [0.15, 0.2) is 36.4 Å². The molecule has 1 aromatic rings. The Balaban J connectivity index is 2.71. The average Bonchev–Trinajstić information content (AvgIpc) is 2.04. The molecule has 13 heavy (non-hydrogen) atoms. The van der Waals surface area contributed by atoms with E-state index in [0.29, 0.717) is 0 Å². The van der Waals surface area contributed by atoms with E-state index in [-0.39, 0.29) is 11.9 Å². The number of hydrogen-bond donors (Lipinski definition) is 1. The van der Waals surface area contributed by atoms with Gasteiger partial charge in [0.05, 0.1) is 0 Å². The first-order chi connectivity index (χ1) is 6.09. The highest BCUT2D eigenvalue weighted by atomic mass is 19.1. The molecular formula is C11H14FN. The van der Waals surface area contributed by atoms with Gasteiger partial charge in [-0.25, -0.2) is 4.39 Å². The molecule has 1 rings (SSSR count). The van der Waals surface area contributed by atoms with E-state index in [1.165, 1.54) is 12.1 Å². The fraction of sp³-hybridized carbons (Fsp3) is 0.273. The zero-order chi connectivity index (χ0) is 9.84. The van der Waals surface area contributed by atoms with Crippen molar-refractivity contribution in [1.82, 2.24) is 0 Å². The van der Waals surface area contributed by atoms with Gasteiger partial charge in [-0.1, -0.05) is 17.7 Å². The van der Waals surface area contributed by atoms with E-state index in [1.54, 1.807) is 12.1 Å². The molecule has 0 fully saturated rings. The monoisotopic (exact) mass is 179 g/mol. The Morgan fingerprint density at radius 2 is 2.00 bits per heavy atom. The van der Waals surface area contributed by atoms with Crippen molar-refractivity contribution in [1.29, 1.82) is 0 Å². The lowest BCUT2D eigenvalue weighted by Gasteiger charge is -2.11. The lowest BCUT2D eigenvalue weighted by molar-refractivity contribution is 0.624.